The van der Waals surface area contributed by atoms with Crippen LogP contribution in [0.25, 0.3) is 5.57 Å². The Morgan fingerprint density at radius 2 is 2.04 bits per heavy atom. The van der Waals surface area contributed by atoms with Gasteiger partial charge >= 0.3 is 0 Å². The minimum Gasteiger partial charge on any atom is -0.390 e. The van der Waals surface area contributed by atoms with E-state index in [1.165, 1.54) is 12.5 Å². The van der Waals surface area contributed by atoms with Gasteiger partial charge in [0.05, 0.1) is 12.3 Å². The molecular weight excluding hydrogens is 334 g/mol. The number of carbonyl (C=O) groups is 2. The molecule has 2 N–H and O–H groups in total. The summed E-state index contributed by atoms with van der Waals surface area (Å²) >= 11 is 0. The van der Waals surface area contributed by atoms with Gasteiger partial charge in [-0.2, -0.15) is 0 Å². The van der Waals surface area contributed by atoms with Gasteiger partial charge in [0, 0.05) is 26.4 Å². The van der Waals surface area contributed by atoms with Gasteiger partial charge in [-0.1, -0.05) is 35.5 Å². The minimum atomic E-state index is -0.440. The first kappa shape index (κ1) is 18.1. The van der Waals surface area contributed by atoms with Gasteiger partial charge in [0.2, 0.25) is 11.8 Å². The Labute approximate surface area is 152 Å². The van der Waals surface area contributed by atoms with Crippen LogP contribution >= 0.6 is 0 Å². The van der Waals surface area contributed by atoms with Crippen LogP contribution in [0.4, 0.5) is 0 Å². The predicted octanol–water partition coefficient (Wildman–Crippen LogP) is 0.924. The molecule has 0 aromatic heterocycles. The van der Waals surface area contributed by atoms with E-state index in [2.05, 4.69) is 10.5 Å². The lowest BCUT2D eigenvalue weighted by molar-refractivity contribution is -0.133. The number of nitrogens with one attached hydrogen (secondary N) is 1. The summed E-state index contributed by atoms with van der Waals surface area (Å²) in [5.74, 6) is -0.310. The topological polar surface area (TPSA) is 91.2 Å². The molecule has 138 valence electrons. The van der Waals surface area contributed by atoms with Crippen LogP contribution in [0.3, 0.4) is 0 Å². The Bertz CT molecular complexity index is 740. The highest BCUT2D eigenvalue weighted by atomic mass is 16.6. The summed E-state index contributed by atoms with van der Waals surface area (Å²) in [4.78, 5) is 29.5. The molecule has 2 aliphatic heterocycles. The second kappa shape index (κ2) is 8.14. The SMILES string of the molecule is CC(=O)NC[C@H]1CC(c2ccc(C3=CCN(C(=O)CO)CC3)cc2)=NO1. The molecule has 2 aliphatic rings. The van der Waals surface area contributed by atoms with Crippen molar-refractivity contribution in [2.45, 2.75) is 25.9 Å². The zero-order valence-electron chi connectivity index (χ0n) is 14.8. The Kier molecular flexibility index (Phi) is 5.68. The standard InChI is InChI=1S/C19H23N3O4/c1-13(24)20-11-17-10-18(21-26-17)16-4-2-14(3-5-16)15-6-8-22(9-7-15)19(25)12-23/h2-6,17,23H,7-12H2,1H3,(H,20,24)/t17-/m1/s1. The van der Waals surface area contributed by atoms with Crippen molar-refractivity contribution in [2.75, 3.05) is 26.2 Å². The number of carbonyl (C=O) groups excluding carboxylic acids is 2. The van der Waals surface area contributed by atoms with Crippen molar-refractivity contribution < 1.29 is 19.5 Å². The molecule has 7 nitrogen and oxygen atoms in total. The number of benzene rings is 1. The van der Waals surface area contributed by atoms with E-state index in [4.69, 9.17) is 9.94 Å². The van der Waals surface area contributed by atoms with Crippen LogP contribution in [-0.2, 0) is 14.4 Å². The highest BCUT2D eigenvalue weighted by molar-refractivity contribution is 6.01. The minimum absolute atomic E-state index is 0.0774. The van der Waals surface area contributed by atoms with Crippen molar-refractivity contribution >= 4 is 23.1 Å². The van der Waals surface area contributed by atoms with Crippen LogP contribution in [0.5, 0.6) is 0 Å². The molecule has 7 heteroatoms. The van der Waals surface area contributed by atoms with Crippen molar-refractivity contribution in [2.24, 2.45) is 5.16 Å². The number of rotatable bonds is 5. The van der Waals surface area contributed by atoms with Gasteiger partial charge < -0.3 is 20.2 Å². The monoisotopic (exact) mass is 357 g/mol. The molecule has 0 saturated heterocycles. The Morgan fingerprint density at radius 1 is 1.31 bits per heavy atom. The van der Waals surface area contributed by atoms with Gasteiger partial charge in [-0.05, 0) is 23.1 Å². The first-order valence-corrected chi connectivity index (χ1v) is 8.72. The fourth-order valence-electron chi connectivity index (χ4n) is 3.10. The summed E-state index contributed by atoms with van der Waals surface area (Å²) in [5, 5.41) is 15.8. The molecule has 2 heterocycles. The lowest BCUT2D eigenvalue weighted by Crippen LogP contribution is -2.36. The Balaban J connectivity index is 1.59. The maximum Gasteiger partial charge on any atom is 0.248 e. The molecular formula is C19H23N3O4. The van der Waals surface area contributed by atoms with Crippen molar-refractivity contribution in [3.8, 4) is 0 Å². The number of hydrogen-bond acceptors (Lipinski definition) is 5. The normalized spacial score (nSPS) is 19.5. The van der Waals surface area contributed by atoms with E-state index in [9.17, 15) is 9.59 Å². The molecule has 0 aliphatic carbocycles. The maximum atomic E-state index is 11.5. The zero-order valence-corrected chi connectivity index (χ0v) is 14.8. The predicted molar refractivity (Wildman–Crippen MR) is 97.4 cm³/mol. The highest BCUT2D eigenvalue weighted by Crippen LogP contribution is 2.24. The van der Waals surface area contributed by atoms with Gasteiger partial charge in [0.15, 0.2) is 0 Å². The number of oxime groups is 1. The summed E-state index contributed by atoms with van der Waals surface area (Å²) in [6.45, 7) is 2.65. The van der Waals surface area contributed by atoms with Gasteiger partial charge in [-0.15, -0.1) is 0 Å². The lowest BCUT2D eigenvalue weighted by Gasteiger charge is -2.26. The highest BCUT2D eigenvalue weighted by Gasteiger charge is 2.22. The molecule has 1 atom stereocenters. The van der Waals surface area contributed by atoms with Crippen molar-refractivity contribution in [3.05, 3.63) is 41.5 Å². The van der Waals surface area contributed by atoms with Crippen LogP contribution in [0.15, 0.2) is 35.5 Å². The first-order valence-electron chi connectivity index (χ1n) is 8.72. The number of amides is 2. The molecule has 1 aromatic rings. The summed E-state index contributed by atoms with van der Waals surface area (Å²) < 4.78 is 0. The van der Waals surface area contributed by atoms with E-state index in [-0.39, 0.29) is 17.9 Å². The van der Waals surface area contributed by atoms with Crippen molar-refractivity contribution in [3.63, 3.8) is 0 Å². The zero-order chi connectivity index (χ0) is 18.5. The number of nitrogens with zero attached hydrogens (tertiary/aromatic N) is 2. The lowest BCUT2D eigenvalue weighted by atomic mass is 9.96. The van der Waals surface area contributed by atoms with E-state index in [0.29, 0.717) is 26.1 Å². The van der Waals surface area contributed by atoms with Crippen LogP contribution in [0.1, 0.15) is 30.9 Å². The number of hydrogen-bond donors (Lipinski definition) is 2. The second-order valence-electron chi connectivity index (χ2n) is 6.46. The second-order valence-corrected chi connectivity index (χ2v) is 6.46. The van der Waals surface area contributed by atoms with Gasteiger partial charge in [0.1, 0.15) is 12.7 Å². The third-order valence-corrected chi connectivity index (χ3v) is 4.60. The molecule has 3 rings (SSSR count). The van der Waals surface area contributed by atoms with Crippen LogP contribution in [0, 0.1) is 0 Å². The summed E-state index contributed by atoms with van der Waals surface area (Å²) in [6.07, 6.45) is 3.35. The van der Waals surface area contributed by atoms with E-state index in [1.54, 1.807) is 4.90 Å². The Hall–Kier alpha value is -2.67. The molecule has 0 fully saturated rings. The van der Waals surface area contributed by atoms with Gasteiger partial charge in [0.25, 0.3) is 0 Å². The molecule has 26 heavy (non-hydrogen) atoms. The van der Waals surface area contributed by atoms with Gasteiger partial charge in [-0.3, -0.25) is 9.59 Å². The molecule has 2 amide bonds. The largest absolute Gasteiger partial charge is 0.390 e. The fraction of sp³-hybridized carbons (Fsp3) is 0.421. The van der Waals surface area contributed by atoms with Crippen LogP contribution < -0.4 is 5.32 Å². The van der Waals surface area contributed by atoms with E-state index in [1.807, 2.05) is 30.3 Å². The quantitative estimate of drug-likeness (QED) is 0.820. The maximum absolute atomic E-state index is 11.5. The van der Waals surface area contributed by atoms with E-state index in [0.717, 1.165) is 23.3 Å². The third-order valence-electron chi connectivity index (χ3n) is 4.60. The van der Waals surface area contributed by atoms with Crippen LogP contribution in [0.2, 0.25) is 0 Å². The molecule has 0 radical (unpaired) electrons. The molecule has 0 unspecified atom stereocenters. The number of aliphatic hydroxyl groups is 1. The third kappa shape index (κ3) is 4.29. The van der Waals surface area contributed by atoms with Crippen molar-refractivity contribution in [1.29, 1.82) is 0 Å². The van der Waals surface area contributed by atoms with E-state index < -0.39 is 6.61 Å². The van der Waals surface area contributed by atoms with E-state index >= 15 is 0 Å². The van der Waals surface area contributed by atoms with Crippen LogP contribution in [-0.4, -0.2) is 59.9 Å². The molecule has 0 saturated carbocycles. The average Bonchev–Trinajstić information content (AvgIpc) is 3.15. The summed E-state index contributed by atoms with van der Waals surface area (Å²) in [6, 6.07) is 8.14. The molecule has 0 bridgehead atoms. The molecule has 1 aromatic carbocycles. The fourth-order valence-corrected chi connectivity index (χ4v) is 3.10. The smallest absolute Gasteiger partial charge is 0.248 e. The first-order chi connectivity index (χ1) is 12.6. The Morgan fingerprint density at radius 3 is 2.65 bits per heavy atom. The summed E-state index contributed by atoms with van der Waals surface area (Å²) in [7, 11) is 0. The number of aliphatic hydroxyl groups excluding tert-OH is 1. The average molecular weight is 357 g/mol. The summed E-state index contributed by atoms with van der Waals surface area (Å²) in [5.41, 5.74) is 4.21. The van der Waals surface area contributed by atoms with Gasteiger partial charge in [-0.25, -0.2) is 0 Å². The van der Waals surface area contributed by atoms with Crippen molar-refractivity contribution in [1.82, 2.24) is 10.2 Å². The molecule has 0 spiro atoms.